The van der Waals surface area contributed by atoms with Crippen molar-refractivity contribution >= 4 is 11.8 Å². The second-order valence-corrected chi connectivity index (χ2v) is 6.28. The number of carbonyl (C=O) groups is 2. The standard InChI is InChI=1S/C21H24O5/c1-13-6-7-19(20(8-13)24-5)25-12-21(23)26-11-18(22)17-10-15(3)14(2)9-16(17)4/h6-10H,11-12H2,1-5H3. The zero-order valence-electron chi connectivity index (χ0n) is 15.8. The van der Waals surface area contributed by atoms with E-state index in [0.29, 0.717) is 17.1 Å². The average molecular weight is 356 g/mol. The summed E-state index contributed by atoms with van der Waals surface area (Å²) in [5.74, 6) is 0.153. The molecule has 2 rings (SSSR count). The summed E-state index contributed by atoms with van der Waals surface area (Å²) < 4.78 is 15.7. The SMILES string of the molecule is COc1cc(C)ccc1OCC(=O)OCC(=O)c1cc(C)c(C)cc1C. The molecule has 2 aromatic rings. The predicted molar refractivity (Wildman–Crippen MR) is 99.2 cm³/mol. The van der Waals surface area contributed by atoms with Gasteiger partial charge in [-0.3, -0.25) is 4.79 Å². The highest BCUT2D eigenvalue weighted by atomic mass is 16.6. The molecule has 5 nitrogen and oxygen atoms in total. The van der Waals surface area contributed by atoms with Gasteiger partial charge in [0.25, 0.3) is 0 Å². The highest BCUT2D eigenvalue weighted by molar-refractivity contribution is 5.99. The van der Waals surface area contributed by atoms with Crippen LogP contribution >= 0.6 is 0 Å². The Labute approximate surface area is 153 Å². The molecule has 0 amide bonds. The van der Waals surface area contributed by atoms with E-state index in [9.17, 15) is 9.59 Å². The minimum atomic E-state index is -0.609. The van der Waals surface area contributed by atoms with Crippen LogP contribution in [-0.2, 0) is 9.53 Å². The van der Waals surface area contributed by atoms with E-state index in [1.54, 1.807) is 6.07 Å². The summed E-state index contributed by atoms with van der Waals surface area (Å²) in [6.07, 6.45) is 0. The fourth-order valence-electron chi connectivity index (χ4n) is 2.56. The fraction of sp³-hybridized carbons (Fsp3) is 0.333. The maximum atomic E-state index is 12.3. The van der Waals surface area contributed by atoms with Gasteiger partial charge >= 0.3 is 5.97 Å². The summed E-state index contributed by atoms with van der Waals surface area (Å²) >= 11 is 0. The Morgan fingerprint density at radius 1 is 0.846 bits per heavy atom. The number of Topliss-reactive ketones (excluding diaryl/α,β-unsaturated/α-hetero) is 1. The summed E-state index contributed by atoms with van der Waals surface area (Å²) in [7, 11) is 1.53. The van der Waals surface area contributed by atoms with Gasteiger partial charge in [0.1, 0.15) is 0 Å². The quantitative estimate of drug-likeness (QED) is 0.559. The van der Waals surface area contributed by atoms with Crippen molar-refractivity contribution in [2.75, 3.05) is 20.3 Å². The van der Waals surface area contributed by atoms with E-state index in [0.717, 1.165) is 22.3 Å². The van der Waals surface area contributed by atoms with Crippen LogP contribution in [0.25, 0.3) is 0 Å². The number of carbonyl (C=O) groups excluding carboxylic acids is 2. The van der Waals surface area contributed by atoms with E-state index < -0.39 is 5.97 Å². The first-order valence-corrected chi connectivity index (χ1v) is 8.36. The lowest BCUT2D eigenvalue weighted by Gasteiger charge is -2.12. The summed E-state index contributed by atoms with van der Waals surface area (Å²) in [5.41, 5.74) is 4.61. The van der Waals surface area contributed by atoms with E-state index in [-0.39, 0.29) is 19.0 Å². The normalized spacial score (nSPS) is 10.3. The lowest BCUT2D eigenvalue weighted by Crippen LogP contribution is -2.20. The van der Waals surface area contributed by atoms with Gasteiger partial charge in [0.15, 0.2) is 24.7 Å². The van der Waals surface area contributed by atoms with E-state index in [1.165, 1.54) is 7.11 Å². The van der Waals surface area contributed by atoms with Crippen molar-refractivity contribution in [2.45, 2.75) is 27.7 Å². The summed E-state index contributed by atoms with van der Waals surface area (Å²) in [4.78, 5) is 24.2. The maximum Gasteiger partial charge on any atom is 0.344 e. The number of benzene rings is 2. The number of hydrogen-bond acceptors (Lipinski definition) is 5. The van der Waals surface area contributed by atoms with Gasteiger partial charge in [-0.2, -0.15) is 0 Å². The molecule has 5 heteroatoms. The Morgan fingerprint density at radius 2 is 1.54 bits per heavy atom. The molecule has 0 aliphatic heterocycles. The first kappa shape index (κ1) is 19.5. The van der Waals surface area contributed by atoms with Crippen molar-refractivity contribution in [3.63, 3.8) is 0 Å². The van der Waals surface area contributed by atoms with Gasteiger partial charge in [-0.25, -0.2) is 4.79 Å². The van der Waals surface area contributed by atoms with Crippen molar-refractivity contribution in [2.24, 2.45) is 0 Å². The second-order valence-electron chi connectivity index (χ2n) is 6.28. The predicted octanol–water partition coefficient (Wildman–Crippen LogP) is 3.73. The van der Waals surface area contributed by atoms with Crippen molar-refractivity contribution in [1.29, 1.82) is 0 Å². The third-order valence-electron chi connectivity index (χ3n) is 4.17. The lowest BCUT2D eigenvalue weighted by atomic mass is 9.98. The van der Waals surface area contributed by atoms with Gasteiger partial charge in [0.2, 0.25) is 5.78 Å². The molecular formula is C21H24O5. The van der Waals surface area contributed by atoms with Gasteiger partial charge in [-0.15, -0.1) is 0 Å². The summed E-state index contributed by atoms with van der Waals surface area (Å²) in [6.45, 7) is 7.14. The number of ketones is 1. The molecule has 0 atom stereocenters. The van der Waals surface area contributed by atoms with Crippen LogP contribution in [0.15, 0.2) is 30.3 Å². The Balaban J connectivity index is 1.91. The van der Waals surface area contributed by atoms with Crippen molar-refractivity contribution in [1.82, 2.24) is 0 Å². The molecule has 0 saturated heterocycles. The zero-order chi connectivity index (χ0) is 19.3. The molecule has 0 radical (unpaired) electrons. The van der Waals surface area contributed by atoms with Gasteiger partial charge in [0, 0.05) is 5.56 Å². The molecule has 0 fully saturated rings. The molecule has 138 valence electrons. The largest absolute Gasteiger partial charge is 0.493 e. The average Bonchev–Trinajstić information content (AvgIpc) is 2.61. The molecule has 0 bridgehead atoms. The van der Waals surface area contributed by atoms with Crippen LogP contribution in [0.1, 0.15) is 32.6 Å². The molecule has 0 spiro atoms. The number of methoxy groups -OCH3 is 1. The molecule has 0 N–H and O–H groups in total. The number of aryl methyl sites for hydroxylation is 4. The highest BCUT2D eigenvalue weighted by Crippen LogP contribution is 2.27. The van der Waals surface area contributed by atoms with E-state index in [1.807, 2.05) is 52.0 Å². The number of rotatable bonds is 7. The highest BCUT2D eigenvalue weighted by Gasteiger charge is 2.14. The zero-order valence-corrected chi connectivity index (χ0v) is 15.8. The Morgan fingerprint density at radius 3 is 2.23 bits per heavy atom. The fourth-order valence-corrected chi connectivity index (χ4v) is 2.56. The molecular weight excluding hydrogens is 332 g/mol. The molecule has 0 aliphatic carbocycles. The summed E-state index contributed by atoms with van der Waals surface area (Å²) in [6, 6.07) is 9.18. The first-order chi connectivity index (χ1) is 12.3. The lowest BCUT2D eigenvalue weighted by molar-refractivity contribution is -0.144. The Bertz CT molecular complexity index is 823. The third-order valence-corrected chi connectivity index (χ3v) is 4.17. The second kappa shape index (κ2) is 8.52. The van der Waals surface area contributed by atoms with Gasteiger partial charge in [0.05, 0.1) is 7.11 Å². The molecule has 0 aromatic heterocycles. The van der Waals surface area contributed by atoms with E-state index >= 15 is 0 Å². The van der Waals surface area contributed by atoms with Crippen LogP contribution < -0.4 is 9.47 Å². The van der Waals surface area contributed by atoms with Gasteiger partial charge in [-0.05, 0) is 68.1 Å². The molecule has 0 unspecified atom stereocenters. The van der Waals surface area contributed by atoms with Crippen LogP contribution in [0.4, 0.5) is 0 Å². The van der Waals surface area contributed by atoms with E-state index in [2.05, 4.69) is 0 Å². The van der Waals surface area contributed by atoms with Crippen LogP contribution in [0.2, 0.25) is 0 Å². The topological polar surface area (TPSA) is 61.8 Å². The van der Waals surface area contributed by atoms with Crippen molar-refractivity contribution in [3.05, 3.63) is 58.1 Å². The minimum absolute atomic E-state index is 0.230. The number of esters is 1. The van der Waals surface area contributed by atoms with E-state index in [4.69, 9.17) is 14.2 Å². The Kier molecular flexibility index (Phi) is 6.39. The Hall–Kier alpha value is -2.82. The van der Waals surface area contributed by atoms with Gasteiger partial charge in [-0.1, -0.05) is 12.1 Å². The number of hydrogen-bond donors (Lipinski definition) is 0. The van der Waals surface area contributed by atoms with Crippen molar-refractivity contribution in [3.8, 4) is 11.5 Å². The van der Waals surface area contributed by atoms with Crippen LogP contribution in [0, 0.1) is 27.7 Å². The summed E-state index contributed by atoms with van der Waals surface area (Å²) in [5, 5.41) is 0. The van der Waals surface area contributed by atoms with Gasteiger partial charge < -0.3 is 14.2 Å². The molecule has 0 saturated carbocycles. The van der Waals surface area contributed by atoms with Crippen LogP contribution in [0.5, 0.6) is 11.5 Å². The smallest absolute Gasteiger partial charge is 0.344 e. The maximum absolute atomic E-state index is 12.3. The minimum Gasteiger partial charge on any atom is -0.493 e. The van der Waals surface area contributed by atoms with Crippen molar-refractivity contribution < 1.29 is 23.8 Å². The monoisotopic (exact) mass is 356 g/mol. The first-order valence-electron chi connectivity index (χ1n) is 8.36. The molecule has 2 aromatic carbocycles. The molecule has 0 heterocycles. The van der Waals surface area contributed by atoms with Crippen LogP contribution in [0.3, 0.4) is 0 Å². The van der Waals surface area contributed by atoms with Crippen LogP contribution in [-0.4, -0.2) is 32.1 Å². The molecule has 26 heavy (non-hydrogen) atoms. The third kappa shape index (κ3) is 4.85. The molecule has 0 aliphatic rings. The number of ether oxygens (including phenoxy) is 3.